The predicted molar refractivity (Wildman–Crippen MR) is 61.4 cm³/mol. The van der Waals surface area contributed by atoms with Gasteiger partial charge in [-0.05, 0) is 19.8 Å². The van der Waals surface area contributed by atoms with Gasteiger partial charge in [0, 0.05) is 20.0 Å². The van der Waals surface area contributed by atoms with Gasteiger partial charge in [0.25, 0.3) is 0 Å². The molecule has 16 heavy (non-hydrogen) atoms. The van der Waals surface area contributed by atoms with Crippen molar-refractivity contribution in [2.45, 2.75) is 58.0 Å². The lowest BCUT2D eigenvalue weighted by molar-refractivity contribution is -0.137. The maximum Gasteiger partial charge on any atom is 0.303 e. The lowest BCUT2D eigenvalue weighted by Gasteiger charge is -2.12. The third-order valence-corrected chi connectivity index (χ3v) is 2.52. The minimum atomic E-state index is -0.730. The first kappa shape index (κ1) is 15.1. The molecule has 0 bridgehead atoms. The molecule has 0 fully saturated rings. The molecule has 0 heterocycles. The molecule has 0 saturated heterocycles. The Hall–Kier alpha value is -0.900. The zero-order chi connectivity index (χ0) is 12.4. The highest BCUT2D eigenvalue weighted by atomic mass is 16.5. The van der Waals surface area contributed by atoms with Crippen LogP contribution in [-0.2, 0) is 14.3 Å². The van der Waals surface area contributed by atoms with E-state index in [0.717, 1.165) is 32.1 Å². The Kier molecular flexibility index (Phi) is 8.81. The summed E-state index contributed by atoms with van der Waals surface area (Å²) in [5.74, 6) is -0.580. The van der Waals surface area contributed by atoms with Gasteiger partial charge in [-0.15, -0.1) is 0 Å². The number of unbranched alkanes of at least 4 members (excludes halogenated alkanes) is 3. The van der Waals surface area contributed by atoms with Gasteiger partial charge in [0.05, 0.1) is 6.10 Å². The van der Waals surface area contributed by atoms with Gasteiger partial charge in [0.1, 0.15) is 5.78 Å². The third kappa shape index (κ3) is 9.65. The number of ether oxygens (including phenoxy) is 1. The molecular weight excluding hydrogens is 208 g/mol. The number of carbonyl (C=O) groups is 2. The number of Topliss-reactive ketones (excluding diaryl/α,β-unsaturated/α-hetero) is 1. The molecule has 0 aliphatic rings. The van der Waals surface area contributed by atoms with Crippen LogP contribution < -0.4 is 0 Å². The van der Waals surface area contributed by atoms with Crippen molar-refractivity contribution in [1.29, 1.82) is 0 Å². The molecule has 0 aromatic heterocycles. The van der Waals surface area contributed by atoms with Gasteiger partial charge in [0.2, 0.25) is 0 Å². The smallest absolute Gasteiger partial charge is 0.303 e. The number of ketones is 1. The molecule has 1 N–H and O–H groups in total. The monoisotopic (exact) mass is 230 g/mol. The van der Waals surface area contributed by atoms with Crippen molar-refractivity contribution in [3.63, 3.8) is 0 Å². The first-order valence-corrected chi connectivity index (χ1v) is 5.80. The maximum absolute atomic E-state index is 10.9. The highest BCUT2D eigenvalue weighted by Gasteiger charge is 2.09. The summed E-state index contributed by atoms with van der Waals surface area (Å²) >= 11 is 0. The molecule has 4 nitrogen and oxygen atoms in total. The quantitative estimate of drug-likeness (QED) is 0.585. The number of aliphatic carboxylic acids is 1. The van der Waals surface area contributed by atoms with Crippen molar-refractivity contribution >= 4 is 11.8 Å². The van der Waals surface area contributed by atoms with Crippen LogP contribution in [0.5, 0.6) is 0 Å². The Balaban J connectivity index is 3.41. The highest BCUT2D eigenvalue weighted by molar-refractivity contribution is 5.75. The van der Waals surface area contributed by atoms with Crippen LogP contribution in [0.3, 0.4) is 0 Å². The third-order valence-electron chi connectivity index (χ3n) is 2.52. The van der Waals surface area contributed by atoms with E-state index in [-0.39, 0.29) is 18.3 Å². The van der Waals surface area contributed by atoms with E-state index in [2.05, 4.69) is 0 Å². The molecule has 4 heteroatoms. The fourth-order valence-corrected chi connectivity index (χ4v) is 1.63. The minimum absolute atomic E-state index is 0.0250. The molecule has 0 spiro atoms. The van der Waals surface area contributed by atoms with Gasteiger partial charge in [-0.1, -0.05) is 19.3 Å². The molecule has 0 amide bonds. The predicted octanol–water partition coefficient (Wildman–Crippen LogP) is 2.41. The van der Waals surface area contributed by atoms with Crippen molar-refractivity contribution in [1.82, 2.24) is 0 Å². The van der Waals surface area contributed by atoms with Crippen molar-refractivity contribution in [2.24, 2.45) is 0 Å². The van der Waals surface area contributed by atoms with Gasteiger partial charge in [-0.2, -0.15) is 0 Å². The summed E-state index contributed by atoms with van der Waals surface area (Å²) in [5.41, 5.74) is 0. The highest BCUT2D eigenvalue weighted by Crippen LogP contribution is 2.11. The summed E-state index contributed by atoms with van der Waals surface area (Å²) in [6.07, 6.45) is 5.30. The Morgan fingerprint density at radius 1 is 1.19 bits per heavy atom. The normalized spacial score (nSPS) is 12.4. The first-order valence-electron chi connectivity index (χ1n) is 5.80. The van der Waals surface area contributed by atoms with Gasteiger partial charge >= 0.3 is 5.97 Å². The molecule has 1 unspecified atom stereocenters. The standard InChI is InChI=1S/C12H22O4/c1-10(13)9-11(16-2)7-5-3-4-6-8-12(14)15/h11H,3-9H2,1-2H3,(H,14,15). The van der Waals surface area contributed by atoms with Crippen molar-refractivity contribution in [3.8, 4) is 0 Å². The van der Waals surface area contributed by atoms with Crippen LogP contribution in [0.15, 0.2) is 0 Å². The zero-order valence-electron chi connectivity index (χ0n) is 10.2. The van der Waals surface area contributed by atoms with Gasteiger partial charge in [-0.25, -0.2) is 0 Å². The largest absolute Gasteiger partial charge is 0.481 e. The summed E-state index contributed by atoms with van der Waals surface area (Å²) < 4.78 is 5.19. The summed E-state index contributed by atoms with van der Waals surface area (Å²) in [6, 6.07) is 0. The van der Waals surface area contributed by atoms with Crippen molar-refractivity contribution < 1.29 is 19.4 Å². The van der Waals surface area contributed by atoms with Crippen LogP contribution >= 0.6 is 0 Å². The van der Waals surface area contributed by atoms with Gasteiger partial charge in [0.15, 0.2) is 0 Å². The first-order chi connectivity index (χ1) is 7.56. The van der Waals surface area contributed by atoms with E-state index < -0.39 is 5.97 Å². The number of hydrogen-bond donors (Lipinski definition) is 1. The fraction of sp³-hybridized carbons (Fsp3) is 0.833. The second-order valence-corrected chi connectivity index (χ2v) is 4.11. The molecule has 0 aliphatic carbocycles. The second kappa shape index (κ2) is 9.33. The summed E-state index contributed by atoms with van der Waals surface area (Å²) in [5, 5.41) is 8.44. The van der Waals surface area contributed by atoms with E-state index in [4.69, 9.17) is 9.84 Å². The SMILES string of the molecule is COC(CCCCCCC(=O)O)CC(C)=O. The van der Waals surface area contributed by atoms with E-state index in [1.807, 2.05) is 0 Å². The Bertz CT molecular complexity index is 213. The Morgan fingerprint density at radius 3 is 2.31 bits per heavy atom. The minimum Gasteiger partial charge on any atom is -0.481 e. The average Bonchev–Trinajstić information content (AvgIpc) is 2.20. The van der Waals surface area contributed by atoms with Crippen LogP contribution in [0.2, 0.25) is 0 Å². The van der Waals surface area contributed by atoms with E-state index in [0.29, 0.717) is 6.42 Å². The summed E-state index contributed by atoms with van der Waals surface area (Å²) in [7, 11) is 1.62. The van der Waals surface area contributed by atoms with Crippen LogP contribution in [0.1, 0.15) is 51.9 Å². The van der Waals surface area contributed by atoms with E-state index in [9.17, 15) is 9.59 Å². The number of methoxy groups -OCH3 is 1. The molecule has 94 valence electrons. The van der Waals surface area contributed by atoms with Gasteiger partial charge < -0.3 is 9.84 Å². The van der Waals surface area contributed by atoms with Crippen molar-refractivity contribution in [2.75, 3.05) is 7.11 Å². The van der Waals surface area contributed by atoms with E-state index in [1.165, 1.54) is 0 Å². The zero-order valence-corrected chi connectivity index (χ0v) is 10.2. The molecule has 0 aromatic rings. The summed E-state index contributed by atoms with van der Waals surface area (Å²) in [4.78, 5) is 21.1. The number of carbonyl (C=O) groups excluding carboxylic acids is 1. The fourth-order valence-electron chi connectivity index (χ4n) is 1.63. The molecule has 0 saturated carbocycles. The second-order valence-electron chi connectivity index (χ2n) is 4.11. The molecule has 0 aromatic carbocycles. The average molecular weight is 230 g/mol. The molecule has 0 radical (unpaired) electrons. The topological polar surface area (TPSA) is 63.6 Å². The molecule has 1 atom stereocenters. The number of rotatable bonds is 10. The van der Waals surface area contributed by atoms with Gasteiger partial charge in [-0.3, -0.25) is 9.59 Å². The van der Waals surface area contributed by atoms with E-state index in [1.54, 1.807) is 14.0 Å². The molecular formula is C12H22O4. The number of carboxylic acids is 1. The van der Waals surface area contributed by atoms with Crippen LogP contribution in [-0.4, -0.2) is 30.1 Å². The van der Waals surface area contributed by atoms with Crippen LogP contribution in [0.4, 0.5) is 0 Å². The number of hydrogen-bond acceptors (Lipinski definition) is 3. The lowest BCUT2D eigenvalue weighted by Crippen LogP contribution is -2.14. The van der Waals surface area contributed by atoms with Crippen LogP contribution in [0.25, 0.3) is 0 Å². The lowest BCUT2D eigenvalue weighted by atomic mass is 10.0. The maximum atomic E-state index is 10.9. The Morgan fingerprint density at radius 2 is 1.81 bits per heavy atom. The molecule has 0 aliphatic heterocycles. The Labute approximate surface area is 97.0 Å². The number of carboxylic acid groups (broad SMARTS) is 1. The van der Waals surface area contributed by atoms with E-state index >= 15 is 0 Å². The van der Waals surface area contributed by atoms with Crippen LogP contribution in [0, 0.1) is 0 Å². The molecule has 0 rings (SSSR count). The summed E-state index contributed by atoms with van der Waals surface area (Å²) in [6.45, 7) is 1.57. The van der Waals surface area contributed by atoms with Crippen molar-refractivity contribution in [3.05, 3.63) is 0 Å².